The van der Waals surface area contributed by atoms with Crippen molar-refractivity contribution < 1.29 is 72.9 Å². The summed E-state index contributed by atoms with van der Waals surface area (Å²) in [5.74, 6) is -14.3. The Morgan fingerprint density at radius 1 is 0.500 bits per heavy atom. The van der Waals surface area contributed by atoms with Crippen molar-refractivity contribution in [2.45, 2.75) is 121 Å². The van der Waals surface area contributed by atoms with Gasteiger partial charge in [0.2, 0.25) is 53.2 Å². The number of thiol groups is 1. The quantitative estimate of drug-likeness (QED) is 0.0221. The van der Waals surface area contributed by atoms with E-state index in [0.29, 0.717) is 12.8 Å². The first-order valence-electron chi connectivity index (χ1n) is 20.2. The molecule has 362 valence electrons. The van der Waals surface area contributed by atoms with Gasteiger partial charge >= 0.3 is 17.9 Å². The highest BCUT2D eigenvalue weighted by Crippen LogP contribution is 2.10. The molecule has 0 aromatic carbocycles. The lowest BCUT2D eigenvalue weighted by Crippen LogP contribution is -2.60. The Morgan fingerprint density at radius 2 is 0.906 bits per heavy atom. The van der Waals surface area contributed by atoms with Gasteiger partial charge in [-0.1, -0.05) is 27.7 Å². The van der Waals surface area contributed by atoms with Crippen molar-refractivity contribution in [1.82, 2.24) is 42.5 Å². The van der Waals surface area contributed by atoms with Crippen LogP contribution in [0, 0.1) is 11.8 Å². The lowest BCUT2D eigenvalue weighted by atomic mass is 10.0. The summed E-state index contributed by atoms with van der Waals surface area (Å²) in [4.78, 5) is 150. The number of aliphatic carboxylic acids is 3. The van der Waals surface area contributed by atoms with Crippen molar-refractivity contribution in [3.63, 3.8) is 0 Å². The van der Waals surface area contributed by atoms with E-state index in [9.17, 15) is 67.7 Å². The van der Waals surface area contributed by atoms with Gasteiger partial charge in [-0.05, 0) is 50.5 Å². The second-order valence-corrected chi connectivity index (χ2v) is 15.8. The predicted octanol–water partition coefficient (Wildman–Crippen LogP) is -5.48. The predicted molar refractivity (Wildman–Crippen MR) is 227 cm³/mol. The summed E-state index contributed by atoms with van der Waals surface area (Å²) in [6, 6.07) is -10.6. The topological polar surface area (TPSA) is 440 Å². The molecule has 0 rings (SSSR count). The normalized spacial score (nSPS) is 14.2. The highest BCUT2D eigenvalue weighted by molar-refractivity contribution is 7.80. The minimum absolute atomic E-state index is 0.00759. The molecule has 0 spiro atoms. The summed E-state index contributed by atoms with van der Waals surface area (Å²) < 4.78 is 0. The van der Waals surface area contributed by atoms with Crippen molar-refractivity contribution in [1.29, 1.82) is 0 Å². The van der Waals surface area contributed by atoms with Gasteiger partial charge in [0.25, 0.3) is 0 Å². The Kier molecular flexibility index (Phi) is 27.2. The number of carboxylic acid groups (broad SMARTS) is 3. The fourth-order valence-corrected chi connectivity index (χ4v) is 5.89. The number of hydrogen-bond acceptors (Lipinski definition) is 15. The van der Waals surface area contributed by atoms with Crippen molar-refractivity contribution in [3.8, 4) is 0 Å². The number of amides is 9. The van der Waals surface area contributed by atoms with E-state index < -0.39 is 151 Å². The number of carbonyl (C=O) groups is 12. The van der Waals surface area contributed by atoms with Crippen LogP contribution < -0.4 is 59.7 Å². The second kappa shape index (κ2) is 30.1. The van der Waals surface area contributed by atoms with Crippen LogP contribution >= 0.6 is 12.6 Å². The molecular weight excluding hydrogens is 871 g/mol. The molecule has 0 aliphatic rings. The Balaban J connectivity index is 6.20. The Labute approximate surface area is 374 Å². The molecule has 0 heterocycles. The maximum atomic E-state index is 13.7. The monoisotopic (exact) mass is 933 g/mol. The molecule has 64 heavy (non-hydrogen) atoms. The molecule has 17 N–H and O–H groups in total. The van der Waals surface area contributed by atoms with Crippen LogP contribution in [0.3, 0.4) is 0 Å². The summed E-state index contributed by atoms with van der Waals surface area (Å²) in [6.07, 6.45) is -1.74. The Hall–Kier alpha value is -6.09. The van der Waals surface area contributed by atoms with Gasteiger partial charge < -0.3 is 75.1 Å². The summed E-state index contributed by atoms with van der Waals surface area (Å²) in [5.41, 5.74) is 16.2. The maximum Gasteiger partial charge on any atom is 0.322 e. The van der Waals surface area contributed by atoms with Crippen molar-refractivity contribution >= 4 is 83.7 Å². The molecule has 0 fully saturated rings. The van der Waals surface area contributed by atoms with Gasteiger partial charge in [-0.15, -0.1) is 0 Å². The third kappa shape index (κ3) is 24.5. The molecule has 27 heteroatoms. The summed E-state index contributed by atoms with van der Waals surface area (Å²) in [5, 5.41) is 46.0. The van der Waals surface area contributed by atoms with Gasteiger partial charge in [0, 0.05) is 5.75 Å². The third-order valence-corrected chi connectivity index (χ3v) is 9.08. The van der Waals surface area contributed by atoms with Crippen LogP contribution in [0.15, 0.2) is 0 Å². The number of unbranched alkanes of at least 4 members (excludes halogenated alkanes) is 1. The van der Waals surface area contributed by atoms with Crippen LogP contribution in [0.5, 0.6) is 0 Å². The first-order valence-corrected chi connectivity index (χ1v) is 20.8. The van der Waals surface area contributed by atoms with Gasteiger partial charge in [0.1, 0.15) is 42.8 Å². The number of hydrogen-bond donors (Lipinski definition) is 15. The summed E-state index contributed by atoms with van der Waals surface area (Å²) in [6.45, 7) is 5.47. The van der Waals surface area contributed by atoms with Crippen molar-refractivity contribution in [2.24, 2.45) is 29.0 Å². The first-order chi connectivity index (χ1) is 29.8. The van der Waals surface area contributed by atoms with E-state index in [1.54, 1.807) is 27.7 Å². The molecule has 0 aromatic heterocycles. The molecular formula is C37H63N11O15S. The Morgan fingerprint density at radius 3 is 1.33 bits per heavy atom. The molecule has 0 saturated carbocycles. The first kappa shape index (κ1) is 57.9. The van der Waals surface area contributed by atoms with Gasteiger partial charge in [-0.25, -0.2) is 0 Å². The number of carbonyl (C=O) groups excluding carboxylic acids is 9. The number of rotatable bonds is 32. The highest BCUT2D eigenvalue weighted by atomic mass is 32.1. The average Bonchev–Trinajstić information content (AvgIpc) is 3.18. The molecule has 0 aliphatic carbocycles. The number of nitrogens with two attached hydrogens (primary N) is 3. The summed E-state index contributed by atoms with van der Waals surface area (Å²) >= 11 is 4.12. The van der Waals surface area contributed by atoms with Crippen LogP contribution in [0.4, 0.5) is 0 Å². The molecule has 26 nitrogen and oxygen atoms in total. The lowest BCUT2D eigenvalue weighted by Gasteiger charge is -2.27. The molecule has 0 unspecified atom stereocenters. The van der Waals surface area contributed by atoms with Crippen LogP contribution in [-0.2, 0) is 57.5 Å². The van der Waals surface area contributed by atoms with Gasteiger partial charge in [0.15, 0.2) is 0 Å². The second-order valence-electron chi connectivity index (χ2n) is 15.5. The van der Waals surface area contributed by atoms with E-state index >= 15 is 0 Å². The Bertz CT molecular complexity index is 1680. The van der Waals surface area contributed by atoms with E-state index in [1.807, 2.05) is 5.32 Å². The number of nitrogens with one attached hydrogen (secondary N) is 8. The lowest BCUT2D eigenvalue weighted by molar-refractivity contribution is -0.142. The fourth-order valence-electron chi connectivity index (χ4n) is 5.63. The molecule has 0 saturated heterocycles. The van der Waals surface area contributed by atoms with Crippen molar-refractivity contribution in [3.05, 3.63) is 0 Å². The van der Waals surface area contributed by atoms with E-state index in [2.05, 4.69) is 49.8 Å². The third-order valence-electron chi connectivity index (χ3n) is 8.71. The SMILES string of the molecule is CC(C)C[C@H](NC(=O)[C@H](CCCCN)NC(=O)CNC(=O)[C@@H](N)CC(N)=O)C(=O)N[C@@H](CS)C(=O)N[C@@H](CC(=O)O)C(=O)N[C@@H](CC(C)C)C(=O)N[C@@H](CC(=O)O)C(=O)NCC(=O)O. The van der Waals surface area contributed by atoms with Gasteiger partial charge in [0.05, 0.1) is 31.8 Å². The smallest absolute Gasteiger partial charge is 0.322 e. The minimum atomic E-state index is -1.88. The zero-order valence-electron chi connectivity index (χ0n) is 36.1. The molecule has 0 radical (unpaired) electrons. The van der Waals surface area contributed by atoms with Gasteiger partial charge in [-0.3, -0.25) is 57.5 Å². The van der Waals surface area contributed by atoms with Crippen LogP contribution in [0.2, 0.25) is 0 Å². The molecule has 0 aromatic rings. The van der Waals surface area contributed by atoms with E-state index in [1.165, 1.54) is 0 Å². The van der Waals surface area contributed by atoms with E-state index in [-0.39, 0.29) is 37.6 Å². The maximum absolute atomic E-state index is 13.7. The zero-order valence-corrected chi connectivity index (χ0v) is 37.0. The summed E-state index contributed by atoms with van der Waals surface area (Å²) in [7, 11) is 0. The zero-order chi connectivity index (χ0) is 49.3. The molecule has 0 bridgehead atoms. The van der Waals surface area contributed by atoms with Crippen LogP contribution in [-0.4, -0.2) is 154 Å². The average molecular weight is 934 g/mol. The number of carboxylic acids is 3. The van der Waals surface area contributed by atoms with E-state index in [4.69, 9.17) is 22.3 Å². The van der Waals surface area contributed by atoms with Crippen LogP contribution in [0.1, 0.15) is 79.1 Å². The van der Waals surface area contributed by atoms with Crippen molar-refractivity contribution in [2.75, 3.05) is 25.4 Å². The molecule has 7 atom stereocenters. The standard InChI is InChI=1S/C37H63N11O15S/c1-17(2)9-21(34(60)46-23(12-28(51)52)32(58)42-15-30(55)56)45-36(62)24(13-29(53)54)47-37(63)25(16-64)48-35(61)22(10-18(3)4)44-33(59)20(7-5-6-8-38)43-27(50)14-41-31(57)19(39)11-26(40)49/h17-25,64H,5-16,38-39H2,1-4H3,(H2,40,49)(H,41,57)(H,42,58)(H,43,50)(H,44,59)(H,45,62)(H,46,60)(H,47,63)(H,48,61)(H,51,52)(H,53,54)(H,55,56)/t19-,20-,21-,22-,23-,24-,25-/m0/s1. The molecule has 9 amide bonds. The number of primary amides is 1. The van der Waals surface area contributed by atoms with Crippen LogP contribution in [0.25, 0.3) is 0 Å². The fraction of sp³-hybridized carbons (Fsp3) is 0.676. The largest absolute Gasteiger partial charge is 0.481 e. The highest BCUT2D eigenvalue weighted by Gasteiger charge is 2.35. The van der Waals surface area contributed by atoms with E-state index in [0.717, 1.165) is 0 Å². The molecule has 0 aliphatic heterocycles. The minimum Gasteiger partial charge on any atom is -0.481 e. The van der Waals surface area contributed by atoms with Gasteiger partial charge in [-0.2, -0.15) is 12.6 Å².